The van der Waals surface area contributed by atoms with Crippen LogP contribution in [-0.4, -0.2) is 35.2 Å². The number of nitrogens with one attached hydrogen (secondary N) is 1. The van der Waals surface area contributed by atoms with Gasteiger partial charge in [0.15, 0.2) is 0 Å². The molecule has 1 saturated heterocycles. The highest BCUT2D eigenvalue weighted by atomic mass is 32.2. The summed E-state index contributed by atoms with van der Waals surface area (Å²) in [6.07, 6.45) is 3.86. The van der Waals surface area contributed by atoms with Gasteiger partial charge in [-0.15, -0.1) is 0 Å². The first-order chi connectivity index (χ1) is 8.49. The molecule has 1 aromatic heterocycles. The summed E-state index contributed by atoms with van der Waals surface area (Å²) < 4.78 is 38.0. The summed E-state index contributed by atoms with van der Waals surface area (Å²) in [6.45, 7) is 0. The minimum Gasteiger partial charge on any atom is -0.398 e. The van der Waals surface area contributed by atoms with Gasteiger partial charge in [-0.1, -0.05) is 0 Å². The first-order valence-electron chi connectivity index (χ1n) is 5.56. The summed E-state index contributed by atoms with van der Waals surface area (Å²) in [7, 11) is -4.45. The molecule has 1 aliphatic rings. The second-order valence-electron chi connectivity index (χ2n) is 4.16. The van der Waals surface area contributed by atoms with Crippen LogP contribution in [0.3, 0.4) is 0 Å². The van der Waals surface area contributed by atoms with Crippen LogP contribution in [0.2, 0.25) is 0 Å². The van der Waals surface area contributed by atoms with Crippen molar-refractivity contribution < 1.29 is 12.6 Å². The highest BCUT2D eigenvalue weighted by molar-refractivity contribution is 7.89. The number of nitrogen functional groups attached to an aromatic ring is 1. The molecule has 0 unspecified atom stereocenters. The summed E-state index contributed by atoms with van der Waals surface area (Å²) in [4.78, 5) is 3.77. The van der Waals surface area contributed by atoms with Gasteiger partial charge in [0.2, 0.25) is 10.0 Å². The van der Waals surface area contributed by atoms with E-state index in [1.54, 1.807) is 0 Å². The molecule has 0 radical (unpaired) electrons. The molecule has 8 heteroatoms. The van der Waals surface area contributed by atoms with Crippen molar-refractivity contribution in [1.29, 1.82) is 0 Å². The van der Waals surface area contributed by atoms with Crippen LogP contribution in [0.4, 0.5) is 5.69 Å². The van der Waals surface area contributed by atoms with Crippen LogP contribution in [0.5, 0.6) is 0 Å². The van der Waals surface area contributed by atoms with E-state index in [1.807, 2.05) is 0 Å². The van der Waals surface area contributed by atoms with Crippen molar-refractivity contribution >= 4 is 26.5 Å². The summed E-state index contributed by atoms with van der Waals surface area (Å²) in [5.74, 6) is 1.07. The molecule has 2 rings (SSSR count). The number of pyridine rings is 1. The quantitative estimate of drug-likeness (QED) is 0.806. The Labute approximate surface area is 108 Å². The van der Waals surface area contributed by atoms with E-state index in [9.17, 15) is 12.6 Å². The van der Waals surface area contributed by atoms with Gasteiger partial charge in [-0.05, 0) is 18.9 Å². The highest BCUT2D eigenvalue weighted by Gasteiger charge is 2.25. The normalized spacial score (nSPS) is 24.9. The zero-order chi connectivity index (χ0) is 13.2. The van der Waals surface area contributed by atoms with Gasteiger partial charge in [0.05, 0.1) is 5.69 Å². The SMILES string of the molecule is Nc1ccncc1S(=O)(=O)NC1CCS(=O)CC1. The second-order valence-corrected chi connectivity index (χ2v) is 7.54. The Hall–Kier alpha value is -0.990. The van der Waals surface area contributed by atoms with Crippen molar-refractivity contribution in [1.82, 2.24) is 9.71 Å². The van der Waals surface area contributed by atoms with Crippen LogP contribution in [0.1, 0.15) is 12.8 Å². The molecular formula is C10H15N3O3S2. The van der Waals surface area contributed by atoms with Gasteiger partial charge in [0.1, 0.15) is 4.90 Å². The fourth-order valence-corrected chi connectivity index (χ4v) is 4.49. The Morgan fingerprint density at radius 1 is 1.39 bits per heavy atom. The number of rotatable bonds is 3. The molecule has 6 nitrogen and oxygen atoms in total. The monoisotopic (exact) mass is 289 g/mol. The number of hydrogen-bond acceptors (Lipinski definition) is 5. The molecule has 0 spiro atoms. The predicted octanol–water partition coefficient (Wildman–Crippen LogP) is -0.147. The largest absolute Gasteiger partial charge is 0.398 e. The van der Waals surface area contributed by atoms with Gasteiger partial charge in [-0.2, -0.15) is 0 Å². The molecule has 0 saturated carbocycles. The van der Waals surface area contributed by atoms with Crippen molar-refractivity contribution in [3.63, 3.8) is 0 Å². The standard InChI is InChI=1S/C10H15N3O3S2/c11-9-1-4-12-7-10(9)18(15,16)13-8-2-5-17(14)6-3-8/h1,4,7-8,13H,2-3,5-6H2,(H2,11,12). The maximum atomic E-state index is 12.1. The first kappa shape index (κ1) is 13.4. The minimum absolute atomic E-state index is 0.00306. The van der Waals surface area contributed by atoms with E-state index in [4.69, 9.17) is 5.73 Å². The lowest BCUT2D eigenvalue weighted by Crippen LogP contribution is -2.39. The summed E-state index contributed by atoms with van der Waals surface area (Å²) in [6, 6.07) is 1.28. The van der Waals surface area contributed by atoms with Gasteiger partial charge in [0, 0.05) is 40.7 Å². The lowest BCUT2D eigenvalue weighted by atomic mass is 10.2. The molecule has 0 atom stereocenters. The maximum Gasteiger partial charge on any atom is 0.244 e. The van der Waals surface area contributed by atoms with Crippen LogP contribution >= 0.6 is 0 Å². The van der Waals surface area contributed by atoms with Crippen LogP contribution in [0.25, 0.3) is 0 Å². The van der Waals surface area contributed by atoms with Crippen LogP contribution in [0, 0.1) is 0 Å². The minimum atomic E-state index is -3.64. The van der Waals surface area contributed by atoms with E-state index in [1.165, 1.54) is 18.5 Å². The fourth-order valence-electron chi connectivity index (χ4n) is 1.81. The molecule has 0 aliphatic carbocycles. The van der Waals surface area contributed by atoms with Crippen molar-refractivity contribution in [3.8, 4) is 0 Å². The van der Waals surface area contributed by atoms with Gasteiger partial charge < -0.3 is 5.73 Å². The molecule has 1 aliphatic heterocycles. The number of nitrogens with zero attached hydrogens (tertiary/aromatic N) is 1. The van der Waals surface area contributed by atoms with Crippen molar-refractivity contribution in [2.45, 2.75) is 23.8 Å². The van der Waals surface area contributed by atoms with E-state index in [0.717, 1.165) is 0 Å². The molecule has 0 amide bonds. The zero-order valence-electron chi connectivity index (χ0n) is 9.70. The molecule has 2 heterocycles. The Morgan fingerprint density at radius 3 is 2.67 bits per heavy atom. The topological polar surface area (TPSA) is 102 Å². The van der Waals surface area contributed by atoms with Gasteiger partial charge in [-0.25, -0.2) is 13.1 Å². The molecule has 3 N–H and O–H groups in total. The molecule has 0 bridgehead atoms. The van der Waals surface area contributed by atoms with Crippen LogP contribution in [0.15, 0.2) is 23.4 Å². The van der Waals surface area contributed by atoms with Gasteiger partial charge >= 0.3 is 0 Å². The van der Waals surface area contributed by atoms with E-state index in [0.29, 0.717) is 24.3 Å². The van der Waals surface area contributed by atoms with Crippen molar-refractivity contribution in [2.24, 2.45) is 0 Å². The number of nitrogens with two attached hydrogens (primary N) is 1. The maximum absolute atomic E-state index is 12.1. The Balaban J connectivity index is 2.13. The smallest absolute Gasteiger partial charge is 0.244 e. The fraction of sp³-hybridized carbons (Fsp3) is 0.500. The van der Waals surface area contributed by atoms with E-state index >= 15 is 0 Å². The third kappa shape index (κ3) is 3.06. The van der Waals surface area contributed by atoms with E-state index in [2.05, 4.69) is 9.71 Å². The summed E-state index contributed by atoms with van der Waals surface area (Å²) >= 11 is 0. The van der Waals surface area contributed by atoms with Crippen LogP contribution in [-0.2, 0) is 20.8 Å². The number of anilines is 1. The molecule has 1 fully saturated rings. The Kier molecular flexibility index (Phi) is 3.98. The predicted molar refractivity (Wildman–Crippen MR) is 69.9 cm³/mol. The second kappa shape index (κ2) is 5.33. The number of sulfonamides is 1. The molecule has 100 valence electrons. The average Bonchev–Trinajstić information content (AvgIpc) is 2.32. The summed E-state index contributed by atoms with van der Waals surface area (Å²) in [5, 5.41) is 0. The lowest BCUT2D eigenvalue weighted by Gasteiger charge is -2.22. The molecule has 18 heavy (non-hydrogen) atoms. The van der Waals surface area contributed by atoms with Crippen LogP contribution < -0.4 is 10.5 Å². The zero-order valence-corrected chi connectivity index (χ0v) is 11.3. The summed E-state index contributed by atoms with van der Waals surface area (Å²) in [5.41, 5.74) is 5.80. The molecule has 0 aromatic carbocycles. The average molecular weight is 289 g/mol. The van der Waals surface area contributed by atoms with E-state index in [-0.39, 0.29) is 16.6 Å². The van der Waals surface area contributed by atoms with Gasteiger partial charge in [-0.3, -0.25) is 9.19 Å². The Bertz CT molecular complexity index is 549. The Morgan fingerprint density at radius 2 is 2.06 bits per heavy atom. The number of hydrogen-bond donors (Lipinski definition) is 2. The number of aromatic nitrogens is 1. The molecule has 1 aromatic rings. The molecular weight excluding hydrogens is 274 g/mol. The van der Waals surface area contributed by atoms with Gasteiger partial charge in [0.25, 0.3) is 0 Å². The third-order valence-corrected chi connectivity index (χ3v) is 5.76. The third-order valence-electron chi connectivity index (χ3n) is 2.82. The van der Waals surface area contributed by atoms with Crippen molar-refractivity contribution in [2.75, 3.05) is 17.2 Å². The first-order valence-corrected chi connectivity index (χ1v) is 8.53. The van der Waals surface area contributed by atoms with E-state index < -0.39 is 20.8 Å². The van der Waals surface area contributed by atoms with Crippen molar-refractivity contribution in [3.05, 3.63) is 18.5 Å². The lowest BCUT2D eigenvalue weighted by molar-refractivity contribution is 0.522. The highest BCUT2D eigenvalue weighted by Crippen LogP contribution is 2.18.